The number of carbonyl (C=O) groups is 2. The van der Waals surface area contributed by atoms with Crippen LogP contribution in [0.5, 0.6) is 0 Å². The minimum absolute atomic E-state index is 0.289. The molecule has 2 rings (SSSR count). The summed E-state index contributed by atoms with van der Waals surface area (Å²) in [4.78, 5) is 44.0. The first-order valence-electron chi connectivity index (χ1n) is 11.1. The van der Waals surface area contributed by atoms with Gasteiger partial charge in [0.05, 0.1) is 9.85 Å². The van der Waals surface area contributed by atoms with E-state index in [1.165, 1.54) is 0 Å². The molecule has 0 fully saturated rings. The summed E-state index contributed by atoms with van der Waals surface area (Å²) < 4.78 is 78.9. The van der Waals surface area contributed by atoms with Crippen LogP contribution in [0.25, 0.3) is 0 Å². The lowest BCUT2D eigenvalue weighted by Crippen LogP contribution is -2.53. The van der Waals surface area contributed by atoms with Gasteiger partial charge in [0.1, 0.15) is 11.1 Å². The van der Waals surface area contributed by atoms with Gasteiger partial charge in [-0.25, -0.2) is 0 Å². The summed E-state index contributed by atoms with van der Waals surface area (Å²) in [6.45, 7) is 0.402. The number of nitro groups is 2. The number of rotatable bonds is 10. The van der Waals surface area contributed by atoms with Gasteiger partial charge >= 0.3 is 12.4 Å². The van der Waals surface area contributed by atoms with Crippen LogP contribution in [0.4, 0.5) is 49.1 Å². The fourth-order valence-electron chi connectivity index (χ4n) is 3.24. The van der Waals surface area contributed by atoms with Crippen molar-refractivity contribution in [1.82, 2.24) is 5.32 Å². The van der Waals surface area contributed by atoms with Gasteiger partial charge in [-0.05, 0) is 38.1 Å². The van der Waals surface area contributed by atoms with Crippen LogP contribution in [0.15, 0.2) is 36.4 Å². The fraction of sp³-hybridized carbons (Fsp3) is 0.364. The summed E-state index contributed by atoms with van der Waals surface area (Å²) in [6.07, 6.45) is -10.3. The Labute approximate surface area is 225 Å². The lowest BCUT2D eigenvalue weighted by Gasteiger charge is -2.27. The van der Waals surface area contributed by atoms with E-state index in [0.717, 1.165) is 26.0 Å². The maximum absolute atomic E-state index is 13.2. The molecule has 0 aliphatic rings. The van der Waals surface area contributed by atoms with Gasteiger partial charge in [-0.1, -0.05) is 0 Å². The Morgan fingerprint density at radius 2 is 1.05 bits per heavy atom. The lowest BCUT2D eigenvalue weighted by atomic mass is 10.0. The molecule has 19 heteroatoms. The van der Waals surface area contributed by atoms with E-state index in [1.54, 1.807) is 0 Å². The summed E-state index contributed by atoms with van der Waals surface area (Å²) in [5.74, 6) is -2.55. The SMILES string of the molecule is CC(O)(CNCC(C)(O)C(=O)Nc1ccc([N+](=O)[O-])c(C(F)(F)F)c1)C(=O)Nc1ccc([N+](=O)[O-])c(C(F)(F)F)c1. The van der Waals surface area contributed by atoms with E-state index in [0.29, 0.717) is 12.1 Å². The Bertz CT molecular complexity index is 1260. The Kier molecular flexibility index (Phi) is 9.32. The van der Waals surface area contributed by atoms with Crippen LogP contribution in [-0.4, -0.2) is 56.2 Å². The van der Waals surface area contributed by atoms with Crippen LogP contribution in [0.1, 0.15) is 25.0 Å². The molecule has 41 heavy (non-hydrogen) atoms. The molecule has 0 aromatic heterocycles. The first-order chi connectivity index (χ1) is 18.6. The molecule has 5 N–H and O–H groups in total. The molecule has 2 aromatic carbocycles. The van der Waals surface area contributed by atoms with Crippen molar-refractivity contribution in [3.63, 3.8) is 0 Å². The van der Waals surface area contributed by atoms with E-state index >= 15 is 0 Å². The second-order valence-corrected chi connectivity index (χ2v) is 9.03. The van der Waals surface area contributed by atoms with E-state index in [4.69, 9.17) is 0 Å². The monoisotopic (exact) mass is 597 g/mol. The summed E-state index contributed by atoms with van der Waals surface area (Å²) >= 11 is 0. The number of nitrogens with zero attached hydrogens (tertiary/aromatic N) is 2. The molecule has 0 radical (unpaired) electrons. The quantitative estimate of drug-likeness (QED) is 0.155. The first kappa shape index (κ1) is 32.8. The molecule has 0 spiro atoms. The highest BCUT2D eigenvalue weighted by Crippen LogP contribution is 2.38. The number of halogens is 6. The zero-order valence-electron chi connectivity index (χ0n) is 20.9. The molecule has 2 aromatic rings. The summed E-state index contributed by atoms with van der Waals surface area (Å²) in [5.41, 5.74) is -11.7. The van der Waals surface area contributed by atoms with Gasteiger partial charge in [0, 0.05) is 36.6 Å². The highest BCUT2D eigenvalue weighted by Gasteiger charge is 2.40. The van der Waals surface area contributed by atoms with Crippen molar-refractivity contribution in [3.8, 4) is 0 Å². The molecule has 13 nitrogen and oxygen atoms in total. The van der Waals surface area contributed by atoms with Crippen molar-refractivity contribution in [1.29, 1.82) is 0 Å². The third-order valence-corrected chi connectivity index (χ3v) is 5.43. The van der Waals surface area contributed by atoms with E-state index in [2.05, 4.69) is 5.32 Å². The minimum atomic E-state index is -5.14. The van der Waals surface area contributed by atoms with Gasteiger partial charge in [0.2, 0.25) is 0 Å². The predicted octanol–water partition coefficient (Wildman–Crippen LogP) is 3.21. The molecule has 0 aliphatic carbocycles. The smallest absolute Gasteiger partial charge is 0.379 e. The average Bonchev–Trinajstić information content (AvgIpc) is 2.82. The van der Waals surface area contributed by atoms with Crippen molar-refractivity contribution in [2.45, 2.75) is 37.4 Å². The number of nitrogens with one attached hydrogen (secondary N) is 3. The number of nitro benzene ring substituents is 2. The topological polar surface area (TPSA) is 197 Å². The largest absolute Gasteiger partial charge is 0.423 e. The average molecular weight is 597 g/mol. The van der Waals surface area contributed by atoms with Crippen molar-refractivity contribution >= 4 is 34.6 Å². The third-order valence-electron chi connectivity index (χ3n) is 5.43. The van der Waals surface area contributed by atoms with Crippen LogP contribution >= 0.6 is 0 Å². The number of anilines is 2. The molecule has 2 amide bonds. The highest BCUT2D eigenvalue weighted by molar-refractivity contribution is 5.98. The summed E-state index contributed by atoms with van der Waals surface area (Å²) in [5, 5.41) is 48.8. The Morgan fingerprint density at radius 3 is 1.32 bits per heavy atom. The van der Waals surface area contributed by atoms with Crippen molar-refractivity contribution in [3.05, 3.63) is 67.8 Å². The maximum Gasteiger partial charge on any atom is 0.423 e. The Balaban J connectivity index is 2.07. The summed E-state index contributed by atoms with van der Waals surface area (Å²) in [7, 11) is 0. The van der Waals surface area contributed by atoms with Crippen molar-refractivity contribution in [2.24, 2.45) is 0 Å². The zero-order valence-corrected chi connectivity index (χ0v) is 20.9. The number of hydrogen-bond acceptors (Lipinski definition) is 9. The molecule has 0 heterocycles. The number of aliphatic hydroxyl groups is 2. The number of carbonyl (C=O) groups excluding carboxylic acids is 2. The molecular formula is C22H21F6N5O8. The van der Waals surface area contributed by atoms with Gasteiger partial charge in [-0.15, -0.1) is 0 Å². The lowest BCUT2D eigenvalue weighted by molar-refractivity contribution is -0.388. The molecule has 0 saturated heterocycles. The number of amides is 2. The van der Waals surface area contributed by atoms with E-state index in [-0.39, 0.29) is 12.1 Å². The van der Waals surface area contributed by atoms with E-state index in [9.17, 15) is 66.4 Å². The predicted molar refractivity (Wildman–Crippen MR) is 128 cm³/mol. The minimum Gasteiger partial charge on any atom is -0.379 e. The zero-order chi connectivity index (χ0) is 31.6. The van der Waals surface area contributed by atoms with Gasteiger partial charge in [0.25, 0.3) is 23.2 Å². The van der Waals surface area contributed by atoms with Crippen LogP contribution in [0.3, 0.4) is 0 Å². The van der Waals surface area contributed by atoms with Crippen LogP contribution in [0, 0.1) is 20.2 Å². The first-order valence-corrected chi connectivity index (χ1v) is 11.1. The number of hydrogen-bond donors (Lipinski definition) is 5. The molecule has 2 atom stereocenters. The number of benzene rings is 2. The fourth-order valence-corrected chi connectivity index (χ4v) is 3.24. The standard InChI is InChI=1S/C22H21F6N5O8/c1-19(36,17(34)30-11-3-5-15(32(38)39)13(7-11)21(23,24)25)9-29-10-20(2,37)18(35)31-12-4-6-16(33(40)41)14(8-12)22(26,27)28/h3-8,29,36-37H,9-10H2,1-2H3,(H,30,34)(H,31,35). The second kappa shape index (κ2) is 11.6. The van der Waals surface area contributed by atoms with Gasteiger partial charge in [0.15, 0.2) is 11.2 Å². The van der Waals surface area contributed by atoms with Gasteiger partial charge < -0.3 is 26.2 Å². The van der Waals surface area contributed by atoms with Crippen LogP contribution in [-0.2, 0) is 21.9 Å². The van der Waals surface area contributed by atoms with Crippen LogP contribution in [0.2, 0.25) is 0 Å². The number of alkyl halides is 6. The van der Waals surface area contributed by atoms with E-state index in [1.807, 2.05) is 10.6 Å². The van der Waals surface area contributed by atoms with Crippen molar-refractivity contribution in [2.75, 3.05) is 23.7 Å². The molecule has 0 saturated carbocycles. The third kappa shape index (κ3) is 8.32. The second-order valence-electron chi connectivity index (χ2n) is 9.03. The normalized spacial score (nSPS) is 14.9. The van der Waals surface area contributed by atoms with Crippen LogP contribution < -0.4 is 16.0 Å². The van der Waals surface area contributed by atoms with Gasteiger partial charge in [-0.2, -0.15) is 26.3 Å². The summed E-state index contributed by atoms with van der Waals surface area (Å²) in [6, 6.07) is 3.18. The Hall–Kier alpha value is -4.36. The maximum atomic E-state index is 13.2. The molecule has 0 aliphatic heterocycles. The molecule has 224 valence electrons. The molecular weight excluding hydrogens is 576 g/mol. The highest BCUT2D eigenvalue weighted by atomic mass is 19.4. The van der Waals surface area contributed by atoms with Crippen molar-refractivity contribution < 1.29 is 56.0 Å². The molecule has 2 unspecified atom stereocenters. The van der Waals surface area contributed by atoms with E-state index < -0.39 is 92.2 Å². The van der Waals surface area contributed by atoms with Gasteiger partial charge in [-0.3, -0.25) is 29.8 Å². The Morgan fingerprint density at radius 1 is 0.732 bits per heavy atom. The molecule has 0 bridgehead atoms.